The molecule has 1 unspecified atom stereocenters. The van der Waals surface area contributed by atoms with Crippen LogP contribution in [0.15, 0.2) is 160 Å². The molecular formula is C44H32N6O3. The van der Waals surface area contributed by atoms with Gasteiger partial charge in [0, 0.05) is 28.4 Å². The average molecular weight is 693 g/mol. The Hall–Kier alpha value is -7.26. The van der Waals surface area contributed by atoms with Crippen LogP contribution in [-0.4, -0.2) is 27.0 Å². The fourth-order valence-electron chi connectivity index (χ4n) is 7.15. The summed E-state index contributed by atoms with van der Waals surface area (Å²) in [6.07, 6.45) is 4.11. The van der Waals surface area contributed by atoms with Gasteiger partial charge in [-0.1, -0.05) is 84.9 Å². The number of hydrogen-bond donors (Lipinski definition) is 3. The number of fused-ring (bicyclic) bond motifs is 5. The summed E-state index contributed by atoms with van der Waals surface area (Å²) < 4.78 is 2.10. The number of hydrogen-bond acceptors (Lipinski definition) is 8. The van der Waals surface area contributed by atoms with Gasteiger partial charge in [-0.2, -0.15) is 0 Å². The number of benzene rings is 7. The lowest BCUT2D eigenvalue weighted by Crippen LogP contribution is -2.35. The predicted molar refractivity (Wildman–Crippen MR) is 210 cm³/mol. The summed E-state index contributed by atoms with van der Waals surface area (Å²) in [5, 5.41) is 59.1. The SMILES string of the molecule is CN1C(c2ccc(N=Nc3cccc4ccccc34)c(O)c2)C=c2/c(=C\c3ccc(N=Nc4cccc5ccccc45)c(O)c3)c3cc(O)ccc3n21. The summed E-state index contributed by atoms with van der Waals surface area (Å²) in [4.78, 5) is 0. The molecule has 3 N–H and O–H groups in total. The van der Waals surface area contributed by atoms with E-state index < -0.39 is 0 Å². The van der Waals surface area contributed by atoms with E-state index >= 15 is 0 Å². The van der Waals surface area contributed by atoms with Gasteiger partial charge in [0.1, 0.15) is 28.6 Å². The van der Waals surface area contributed by atoms with Crippen LogP contribution in [0.2, 0.25) is 0 Å². The van der Waals surface area contributed by atoms with Gasteiger partial charge in [0.15, 0.2) is 0 Å². The minimum atomic E-state index is -0.212. The van der Waals surface area contributed by atoms with Crippen LogP contribution >= 0.6 is 0 Å². The second-order valence-corrected chi connectivity index (χ2v) is 13.0. The van der Waals surface area contributed by atoms with Crippen LogP contribution in [-0.2, 0) is 0 Å². The number of aromatic hydroxyl groups is 3. The summed E-state index contributed by atoms with van der Waals surface area (Å²) in [6, 6.07) is 43.5. The largest absolute Gasteiger partial charge is 0.508 e. The molecule has 0 bridgehead atoms. The number of aromatic nitrogens is 1. The Morgan fingerprint density at radius 3 is 1.77 bits per heavy atom. The van der Waals surface area contributed by atoms with Crippen molar-refractivity contribution >= 4 is 67.3 Å². The van der Waals surface area contributed by atoms with Crippen molar-refractivity contribution in [2.45, 2.75) is 6.04 Å². The molecule has 8 aromatic rings. The first kappa shape index (κ1) is 31.7. The number of rotatable bonds is 6. The number of phenols is 3. The van der Waals surface area contributed by atoms with Gasteiger partial charge in [0.05, 0.1) is 28.3 Å². The molecule has 0 radical (unpaired) electrons. The molecule has 7 aromatic carbocycles. The van der Waals surface area contributed by atoms with Gasteiger partial charge < -0.3 is 20.3 Å². The molecule has 2 heterocycles. The molecule has 1 atom stereocenters. The first-order valence-corrected chi connectivity index (χ1v) is 17.2. The molecule has 0 amide bonds. The molecule has 0 saturated heterocycles. The summed E-state index contributed by atoms with van der Waals surface area (Å²) in [6.45, 7) is 0. The monoisotopic (exact) mass is 692 g/mol. The topological polar surface area (TPSA) is 118 Å². The van der Waals surface area contributed by atoms with Crippen molar-refractivity contribution in [3.05, 3.63) is 161 Å². The van der Waals surface area contributed by atoms with Gasteiger partial charge >= 0.3 is 0 Å². The van der Waals surface area contributed by atoms with Crippen LogP contribution in [0.4, 0.5) is 22.7 Å². The zero-order valence-corrected chi connectivity index (χ0v) is 28.5. The average Bonchev–Trinajstić information content (AvgIpc) is 3.67. The van der Waals surface area contributed by atoms with Gasteiger partial charge in [-0.05, 0) is 88.6 Å². The maximum absolute atomic E-state index is 11.1. The quantitative estimate of drug-likeness (QED) is 0.150. The van der Waals surface area contributed by atoms with Crippen LogP contribution in [0, 0.1) is 0 Å². The van der Waals surface area contributed by atoms with E-state index in [-0.39, 0.29) is 23.3 Å². The Morgan fingerprint density at radius 2 is 1.13 bits per heavy atom. The molecule has 1 aliphatic rings. The summed E-state index contributed by atoms with van der Waals surface area (Å²) >= 11 is 0. The van der Waals surface area contributed by atoms with E-state index in [1.54, 1.807) is 36.4 Å². The highest BCUT2D eigenvalue weighted by Gasteiger charge is 2.26. The summed E-state index contributed by atoms with van der Waals surface area (Å²) in [5.74, 6) is 0.179. The van der Waals surface area contributed by atoms with Crippen molar-refractivity contribution in [3.8, 4) is 17.2 Å². The number of nitrogens with zero attached hydrogens (tertiary/aromatic N) is 6. The summed E-state index contributed by atoms with van der Waals surface area (Å²) in [7, 11) is 1.99. The Kier molecular flexibility index (Phi) is 7.66. The van der Waals surface area contributed by atoms with E-state index in [9.17, 15) is 15.3 Å². The van der Waals surface area contributed by atoms with Crippen molar-refractivity contribution in [1.29, 1.82) is 0 Å². The molecule has 0 fully saturated rings. The van der Waals surface area contributed by atoms with Crippen LogP contribution in [0.3, 0.4) is 0 Å². The Balaban J connectivity index is 1.06. The van der Waals surface area contributed by atoms with E-state index in [1.165, 1.54) is 0 Å². The predicted octanol–water partition coefficient (Wildman–Crippen LogP) is 9.83. The Bertz CT molecular complexity index is 2920. The van der Waals surface area contributed by atoms with Gasteiger partial charge in [0.2, 0.25) is 0 Å². The third-order valence-electron chi connectivity index (χ3n) is 9.75. The normalized spacial score (nSPS) is 14.6. The Morgan fingerprint density at radius 1 is 0.547 bits per heavy atom. The summed E-state index contributed by atoms with van der Waals surface area (Å²) in [5.41, 5.74) is 4.70. The lowest BCUT2D eigenvalue weighted by molar-refractivity contribution is 0.474. The minimum Gasteiger partial charge on any atom is -0.508 e. The second-order valence-electron chi connectivity index (χ2n) is 13.0. The van der Waals surface area contributed by atoms with E-state index in [0.717, 1.165) is 65.5 Å². The van der Waals surface area contributed by atoms with E-state index in [0.29, 0.717) is 11.4 Å². The van der Waals surface area contributed by atoms with Crippen molar-refractivity contribution in [3.63, 3.8) is 0 Å². The molecule has 1 aliphatic heterocycles. The van der Waals surface area contributed by atoms with Gasteiger partial charge in [-0.15, -0.1) is 20.5 Å². The molecule has 9 rings (SSSR count). The lowest BCUT2D eigenvalue weighted by Gasteiger charge is -2.25. The third kappa shape index (κ3) is 5.70. The molecule has 256 valence electrons. The molecule has 53 heavy (non-hydrogen) atoms. The van der Waals surface area contributed by atoms with E-state index in [4.69, 9.17) is 0 Å². The number of azo groups is 2. The van der Waals surface area contributed by atoms with E-state index in [1.807, 2.05) is 116 Å². The van der Waals surface area contributed by atoms with Gasteiger partial charge in [-0.25, -0.2) is 0 Å². The highest BCUT2D eigenvalue weighted by molar-refractivity contribution is 5.93. The molecule has 9 heteroatoms. The minimum absolute atomic E-state index is 0.00196. The fourth-order valence-corrected chi connectivity index (χ4v) is 7.15. The van der Waals surface area contributed by atoms with Crippen molar-refractivity contribution in [1.82, 2.24) is 4.68 Å². The zero-order valence-electron chi connectivity index (χ0n) is 28.5. The zero-order chi connectivity index (χ0) is 36.1. The first-order valence-electron chi connectivity index (χ1n) is 17.2. The Labute approximate surface area is 303 Å². The van der Waals surface area contributed by atoms with Crippen LogP contribution in [0.25, 0.3) is 44.6 Å². The standard InChI is InChI=1S/C44H32N6O3/c1-49-41(30-17-20-39(44(53)24-30)48-46-37-15-7-11-29-9-3-5-13-33(29)37)26-42-34(35-25-31(51)18-21-40(35)50(42)49)22-27-16-19-38(43(52)23-27)47-45-36-14-6-10-28-8-2-4-12-32(28)36/h2-26,41,51-53H,1H3/b34-22-,47-45?,48-46?. The molecule has 9 nitrogen and oxygen atoms in total. The van der Waals surface area contributed by atoms with E-state index in [2.05, 4.69) is 36.2 Å². The highest BCUT2D eigenvalue weighted by Crippen LogP contribution is 2.36. The van der Waals surface area contributed by atoms with Gasteiger partial charge in [-0.3, -0.25) is 4.68 Å². The first-order chi connectivity index (χ1) is 25.9. The molecular weight excluding hydrogens is 661 g/mol. The van der Waals surface area contributed by atoms with Crippen molar-refractivity contribution < 1.29 is 15.3 Å². The smallest absolute Gasteiger partial charge is 0.143 e. The van der Waals surface area contributed by atoms with Crippen LogP contribution in [0.5, 0.6) is 17.2 Å². The van der Waals surface area contributed by atoms with Gasteiger partial charge in [0.25, 0.3) is 0 Å². The fraction of sp³-hybridized carbons (Fsp3) is 0.0455. The maximum Gasteiger partial charge on any atom is 0.143 e. The van der Waals surface area contributed by atoms with Crippen molar-refractivity contribution in [2.75, 3.05) is 12.1 Å². The third-order valence-corrected chi connectivity index (χ3v) is 9.75. The molecule has 1 aromatic heterocycles. The highest BCUT2D eigenvalue weighted by atomic mass is 16.3. The van der Waals surface area contributed by atoms with Crippen molar-refractivity contribution in [2.24, 2.45) is 20.5 Å². The van der Waals surface area contributed by atoms with Crippen LogP contribution < -0.4 is 15.6 Å². The molecule has 0 spiro atoms. The molecule has 0 aliphatic carbocycles. The maximum atomic E-state index is 11.1. The second kappa shape index (κ2) is 12.8. The number of phenolic OH excluding ortho intramolecular Hbond substituents is 3. The lowest BCUT2D eigenvalue weighted by atomic mass is 10.0. The molecule has 0 saturated carbocycles. The van der Waals surface area contributed by atoms with Crippen LogP contribution in [0.1, 0.15) is 17.2 Å².